The van der Waals surface area contributed by atoms with Crippen LogP contribution in [0.15, 0.2) is 60.8 Å². The maximum atomic E-state index is 12.7. The Balaban J connectivity index is 4.63. The summed E-state index contributed by atoms with van der Waals surface area (Å²) in [5.41, 5.74) is 0. The van der Waals surface area contributed by atoms with Crippen molar-refractivity contribution < 1.29 is 42.9 Å². The van der Waals surface area contributed by atoms with Gasteiger partial charge in [-0.3, -0.25) is 9.59 Å². The molecule has 0 aromatic heterocycles. The predicted molar refractivity (Wildman–Crippen MR) is 209 cm³/mol. The lowest BCUT2D eigenvalue weighted by molar-refractivity contribution is -0.870. The van der Waals surface area contributed by atoms with Gasteiger partial charge in [0.25, 0.3) is 0 Å². The molecule has 0 aromatic rings. The lowest BCUT2D eigenvalue weighted by Gasteiger charge is -2.26. The van der Waals surface area contributed by atoms with Crippen LogP contribution in [-0.2, 0) is 33.3 Å². The van der Waals surface area contributed by atoms with Gasteiger partial charge in [-0.1, -0.05) is 107 Å². The highest BCUT2D eigenvalue weighted by Crippen LogP contribution is 2.11. The van der Waals surface area contributed by atoms with E-state index in [2.05, 4.69) is 74.6 Å². The monoisotopic (exact) mass is 732 g/mol. The third kappa shape index (κ3) is 35.4. The maximum Gasteiger partial charge on any atom is 0.306 e. The normalized spacial score (nSPS) is 13.6. The average Bonchev–Trinajstić information content (AvgIpc) is 3.09. The van der Waals surface area contributed by atoms with Gasteiger partial charge in [0.2, 0.25) is 0 Å². The molecule has 2 unspecified atom stereocenters. The number of ether oxygens (including phenoxy) is 4. The molecule has 2 atom stereocenters. The number of likely N-dealkylation sites (N-methyl/N-ethyl adjacent to an activating group) is 1. The molecule has 0 saturated carbocycles. The number of unbranched alkanes of at least 4 members (excludes halogenated alkanes) is 10. The zero-order valence-corrected chi connectivity index (χ0v) is 33.4. The number of carbonyl (C=O) groups is 3. The summed E-state index contributed by atoms with van der Waals surface area (Å²) in [5, 5.41) is 11.6. The van der Waals surface area contributed by atoms with Gasteiger partial charge in [0, 0.05) is 12.8 Å². The van der Waals surface area contributed by atoms with E-state index in [9.17, 15) is 19.5 Å². The van der Waals surface area contributed by atoms with E-state index in [-0.39, 0.29) is 38.6 Å². The van der Waals surface area contributed by atoms with Crippen LogP contribution < -0.4 is 5.11 Å². The molecule has 0 spiro atoms. The SMILES string of the molecule is CC/C=C\C/C=C\C/C=C\C/C=C\CCCCC(=O)OC(COC(=O)CCCCCCC/C=C\CCCCC)COC(OCC[N+](C)(C)C)C(=O)[O-]. The fourth-order valence-corrected chi connectivity index (χ4v) is 4.87. The van der Waals surface area contributed by atoms with Crippen molar-refractivity contribution in [3.63, 3.8) is 0 Å². The van der Waals surface area contributed by atoms with Gasteiger partial charge in [0.05, 0.1) is 40.3 Å². The molecule has 0 N–H and O–H groups in total. The number of hydrogen-bond donors (Lipinski definition) is 0. The van der Waals surface area contributed by atoms with E-state index in [1.807, 2.05) is 21.1 Å². The fourth-order valence-electron chi connectivity index (χ4n) is 4.87. The van der Waals surface area contributed by atoms with Crippen LogP contribution in [-0.4, -0.2) is 82.3 Å². The molecule has 9 heteroatoms. The number of aliphatic carboxylic acids is 1. The minimum atomic E-state index is -1.63. The molecule has 0 rings (SSSR count). The number of esters is 2. The molecule has 0 fully saturated rings. The van der Waals surface area contributed by atoms with Crippen LogP contribution in [0.1, 0.15) is 136 Å². The first-order valence-electron chi connectivity index (χ1n) is 19.9. The molecule has 0 radical (unpaired) electrons. The van der Waals surface area contributed by atoms with Crippen LogP contribution in [0.5, 0.6) is 0 Å². The van der Waals surface area contributed by atoms with Crippen LogP contribution >= 0.6 is 0 Å². The highest BCUT2D eigenvalue weighted by atomic mass is 16.7. The molecular weight excluding hydrogens is 658 g/mol. The van der Waals surface area contributed by atoms with Gasteiger partial charge < -0.3 is 33.3 Å². The molecule has 0 aliphatic rings. The summed E-state index contributed by atoms with van der Waals surface area (Å²) in [6, 6.07) is 0. The summed E-state index contributed by atoms with van der Waals surface area (Å²) in [6.45, 7) is 4.50. The standard InChI is InChI=1S/C43H73NO8/c1-6-8-10-12-14-16-18-20-21-22-24-26-28-30-32-34-41(46)52-39(38-51-43(42(47)48)49-36-35-44(3,4)5)37-50-40(45)33-31-29-27-25-23-19-17-15-13-11-9-7-2/h8,10,14-17,20-21,24,26,39,43H,6-7,9,11-13,18-19,22-23,25,27-38H2,1-5H3/b10-8-,16-14-,17-15-,21-20-,26-24-. The van der Waals surface area contributed by atoms with Crippen molar-refractivity contribution in [1.29, 1.82) is 0 Å². The number of carbonyl (C=O) groups excluding carboxylic acids is 3. The van der Waals surface area contributed by atoms with Gasteiger partial charge in [-0.25, -0.2) is 0 Å². The highest BCUT2D eigenvalue weighted by molar-refractivity contribution is 5.70. The molecule has 0 heterocycles. The van der Waals surface area contributed by atoms with Crippen LogP contribution in [0, 0.1) is 0 Å². The van der Waals surface area contributed by atoms with Crippen molar-refractivity contribution in [2.75, 3.05) is 47.5 Å². The van der Waals surface area contributed by atoms with E-state index in [1.165, 1.54) is 19.3 Å². The fraction of sp³-hybridized carbons (Fsp3) is 0.698. The number of rotatable bonds is 35. The van der Waals surface area contributed by atoms with E-state index in [0.717, 1.165) is 83.5 Å². The summed E-state index contributed by atoms with van der Waals surface area (Å²) in [7, 11) is 5.87. The van der Waals surface area contributed by atoms with Crippen molar-refractivity contribution in [3.05, 3.63) is 60.8 Å². The Labute approximate surface area is 316 Å². The molecule has 0 aliphatic heterocycles. The summed E-state index contributed by atoms with van der Waals surface area (Å²) < 4.78 is 22.4. The Hall–Kier alpha value is -3.01. The van der Waals surface area contributed by atoms with Gasteiger partial charge in [-0.15, -0.1) is 0 Å². The minimum Gasteiger partial charge on any atom is -0.545 e. The third-order valence-electron chi connectivity index (χ3n) is 8.00. The smallest absolute Gasteiger partial charge is 0.306 e. The number of hydrogen-bond acceptors (Lipinski definition) is 8. The summed E-state index contributed by atoms with van der Waals surface area (Å²) in [6.07, 6.45) is 36.9. The summed E-state index contributed by atoms with van der Waals surface area (Å²) in [4.78, 5) is 36.8. The Morgan fingerprint density at radius 1 is 0.596 bits per heavy atom. The Morgan fingerprint density at radius 3 is 1.69 bits per heavy atom. The number of quaternary nitrogens is 1. The Morgan fingerprint density at radius 2 is 1.10 bits per heavy atom. The second-order valence-electron chi connectivity index (χ2n) is 14.2. The molecule has 9 nitrogen and oxygen atoms in total. The number of nitrogens with zero attached hydrogens (tertiary/aromatic N) is 1. The van der Waals surface area contributed by atoms with E-state index in [4.69, 9.17) is 18.9 Å². The third-order valence-corrected chi connectivity index (χ3v) is 8.00. The number of carboxylic acids is 1. The maximum absolute atomic E-state index is 12.7. The van der Waals surface area contributed by atoms with Crippen LogP contribution in [0.4, 0.5) is 0 Å². The average molecular weight is 732 g/mol. The first-order valence-corrected chi connectivity index (χ1v) is 19.9. The molecule has 298 valence electrons. The van der Waals surface area contributed by atoms with Gasteiger partial charge in [-0.2, -0.15) is 0 Å². The van der Waals surface area contributed by atoms with Gasteiger partial charge in [0.15, 0.2) is 12.4 Å². The Bertz CT molecular complexity index is 1040. The van der Waals surface area contributed by atoms with Crippen molar-refractivity contribution in [1.82, 2.24) is 0 Å². The van der Waals surface area contributed by atoms with Crippen molar-refractivity contribution >= 4 is 17.9 Å². The molecule has 0 amide bonds. The minimum absolute atomic E-state index is 0.136. The topological polar surface area (TPSA) is 111 Å². The summed E-state index contributed by atoms with van der Waals surface area (Å²) in [5.74, 6) is -2.37. The van der Waals surface area contributed by atoms with E-state index in [1.54, 1.807) is 0 Å². The molecule has 52 heavy (non-hydrogen) atoms. The van der Waals surface area contributed by atoms with E-state index >= 15 is 0 Å². The van der Waals surface area contributed by atoms with E-state index in [0.29, 0.717) is 17.4 Å². The summed E-state index contributed by atoms with van der Waals surface area (Å²) >= 11 is 0. The Kier molecular flexibility index (Phi) is 33.0. The van der Waals surface area contributed by atoms with E-state index < -0.39 is 24.3 Å². The van der Waals surface area contributed by atoms with Gasteiger partial charge in [-0.05, 0) is 77.0 Å². The molecule has 0 saturated heterocycles. The second-order valence-corrected chi connectivity index (χ2v) is 14.2. The van der Waals surface area contributed by atoms with Crippen molar-refractivity contribution in [2.24, 2.45) is 0 Å². The van der Waals surface area contributed by atoms with Crippen LogP contribution in [0.2, 0.25) is 0 Å². The predicted octanol–water partition coefficient (Wildman–Crippen LogP) is 8.49. The first kappa shape index (κ1) is 49.0. The van der Waals surface area contributed by atoms with Crippen LogP contribution in [0.25, 0.3) is 0 Å². The zero-order valence-electron chi connectivity index (χ0n) is 33.4. The molecule has 0 aromatic carbocycles. The molecular formula is C43H73NO8. The number of allylic oxidation sites excluding steroid dienone is 10. The van der Waals surface area contributed by atoms with Crippen LogP contribution in [0.3, 0.4) is 0 Å². The molecule has 0 bridgehead atoms. The second kappa shape index (κ2) is 35.0. The quantitative estimate of drug-likeness (QED) is 0.0210. The molecule has 0 aliphatic carbocycles. The van der Waals surface area contributed by atoms with Crippen molar-refractivity contribution in [3.8, 4) is 0 Å². The van der Waals surface area contributed by atoms with Gasteiger partial charge in [0.1, 0.15) is 13.2 Å². The lowest BCUT2D eigenvalue weighted by atomic mass is 10.1. The highest BCUT2D eigenvalue weighted by Gasteiger charge is 2.21. The number of carboxylic acid groups (broad SMARTS) is 1. The van der Waals surface area contributed by atoms with Crippen molar-refractivity contribution in [2.45, 2.75) is 148 Å². The zero-order chi connectivity index (χ0) is 38.5. The lowest BCUT2D eigenvalue weighted by Crippen LogP contribution is -2.44. The van der Waals surface area contributed by atoms with Gasteiger partial charge >= 0.3 is 11.9 Å². The first-order chi connectivity index (χ1) is 25.1. The largest absolute Gasteiger partial charge is 0.545 e.